The first kappa shape index (κ1) is 12.2. The molecular weight excluding hydrogens is 228 g/mol. The third-order valence-corrected chi connectivity index (χ3v) is 5.65. The Balaban J connectivity index is 1.95. The van der Waals surface area contributed by atoms with E-state index in [4.69, 9.17) is 4.74 Å². The maximum Gasteiger partial charge on any atom is 0.309 e. The zero-order valence-electron chi connectivity index (χ0n) is 11.3. The van der Waals surface area contributed by atoms with Crippen molar-refractivity contribution in [2.75, 3.05) is 0 Å². The third-order valence-electron chi connectivity index (χ3n) is 5.65. The molecule has 0 radical (unpaired) electrons. The number of aliphatic hydroxyl groups is 1. The van der Waals surface area contributed by atoms with Crippen LogP contribution in [0.15, 0.2) is 11.6 Å². The summed E-state index contributed by atoms with van der Waals surface area (Å²) < 4.78 is 5.48. The molecule has 0 aromatic rings. The Labute approximate surface area is 108 Å². The van der Waals surface area contributed by atoms with E-state index in [1.54, 1.807) is 0 Å². The van der Waals surface area contributed by atoms with E-state index in [0.29, 0.717) is 11.8 Å². The van der Waals surface area contributed by atoms with E-state index >= 15 is 0 Å². The van der Waals surface area contributed by atoms with Crippen molar-refractivity contribution < 1.29 is 14.6 Å². The van der Waals surface area contributed by atoms with Crippen LogP contribution in [0.2, 0.25) is 0 Å². The van der Waals surface area contributed by atoms with Crippen LogP contribution in [-0.4, -0.2) is 23.3 Å². The van der Waals surface area contributed by atoms with Gasteiger partial charge in [0.2, 0.25) is 0 Å². The van der Waals surface area contributed by atoms with Crippen molar-refractivity contribution in [3.8, 4) is 0 Å². The van der Waals surface area contributed by atoms with Gasteiger partial charge >= 0.3 is 5.97 Å². The van der Waals surface area contributed by atoms with E-state index in [0.717, 1.165) is 19.3 Å². The first-order valence-corrected chi connectivity index (χ1v) is 7.01. The molecule has 3 nitrogen and oxygen atoms in total. The van der Waals surface area contributed by atoms with Gasteiger partial charge in [0.25, 0.3) is 0 Å². The van der Waals surface area contributed by atoms with Crippen LogP contribution < -0.4 is 0 Å². The second-order valence-corrected chi connectivity index (χ2v) is 6.65. The maximum atomic E-state index is 11.7. The lowest BCUT2D eigenvalue weighted by Crippen LogP contribution is -2.43. The minimum absolute atomic E-state index is 0.0347. The Morgan fingerprint density at radius 1 is 1.44 bits per heavy atom. The van der Waals surface area contributed by atoms with Crippen molar-refractivity contribution in [2.45, 2.75) is 52.2 Å². The van der Waals surface area contributed by atoms with Crippen LogP contribution in [0.4, 0.5) is 0 Å². The van der Waals surface area contributed by atoms with E-state index < -0.39 is 0 Å². The zero-order chi connectivity index (χ0) is 13.1. The molecule has 3 heteroatoms. The fourth-order valence-corrected chi connectivity index (χ4v) is 4.11. The fourth-order valence-electron chi connectivity index (χ4n) is 4.11. The number of carbonyl (C=O) groups excluding carboxylic acids is 1. The van der Waals surface area contributed by atoms with Gasteiger partial charge in [0.15, 0.2) is 0 Å². The average molecular weight is 250 g/mol. The van der Waals surface area contributed by atoms with Crippen molar-refractivity contribution in [2.24, 2.45) is 23.2 Å². The Bertz CT molecular complexity index is 414. The Hall–Kier alpha value is -0.830. The summed E-state index contributed by atoms with van der Waals surface area (Å²) >= 11 is 0. The molecule has 0 spiro atoms. The van der Waals surface area contributed by atoms with Crippen LogP contribution in [0.25, 0.3) is 0 Å². The topological polar surface area (TPSA) is 46.5 Å². The van der Waals surface area contributed by atoms with E-state index in [1.165, 1.54) is 5.57 Å². The molecule has 0 aromatic carbocycles. The van der Waals surface area contributed by atoms with Crippen LogP contribution in [0.3, 0.4) is 0 Å². The maximum absolute atomic E-state index is 11.7. The van der Waals surface area contributed by atoms with Crippen molar-refractivity contribution in [1.29, 1.82) is 0 Å². The predicted octanol–water partition coefficient (Wildman–Crippen LogP) is 2.29. The number of carbonyl (C=O) groups is 1. The molecule has 1 saturated carbocycles. The molecule has 3 aliphatic rings. The summed E-state index contributed by atoms with van der Waals surface area (Å²) in [6, 6.07) is 0. The van der Waals surface area contributed by atoms with Gasteiger partial charge in [0, 0.05) is 12.3 Å². The Morgan fingerprint density at radius 3 is 2.89 bits per heavy atom. The van der Waals surface area contributed by atoms with Gasteiger partial charge in [-0.25, -0.2) is 0 Å². The van der Waals surface area contributed by atoms with Crippen molar-refractivity contribution in [1.82, 2.24) is 0 Å². The highest BCUT2D eigenvalue weighted by Gasteiger charge is 2.53. The van der Waals surface area contributed by atoms with E-state index in [-0.39, 0.29) is 29.5 Å². The lowest BCUT2D eigenvalue weighted by Gasteiger charge is -2.49. The molecule has 0 aromatic heterocycles. The molecule has 0 bridgehead atoms. The highest BCUT2D eigenvalue weighted by atomic mass is 16.6. The molecule has 6 atom stereocenters. The van der Waals surface area contributed by atoms with Gasteiger partial charge in [-0.15, -0.1) is 0 Å². The monoisotopic (exact) mass is 250 g/mol. The zero-order valence-corrected chi connectivity index (χ0v) is 11.3. The van der Waals surface area contributed by atoms with Gasteiger partial charge in [-0.1, -0.05) is 32.4 Å². The SMILES string of the molecule is C[C@H]1C(=O)O[C@@H]2CC3=C[C@@H](O)C[C@H](C)[C@@]3(C)C[C@@H]21. The fraction of sp³-hybridized carbons (Fsp3) is 0.800. The highest BCUT2D eigenvalue weighted by Crippen LogP contribution is 2.55. The van der Waals surface area contributed by atoms with Crippen molar-refractivity contribution in [3.05, 3.63) is 11.6 Å². The number of esters is 1. The van der Waals surface area contributed by atoms with Crippen LogP contribution in [0.1, 0.15) is 40.0 Å². The molecule has 1 saturated heterocycles. The van der Waals surface area contributed by atoms with Crippen molar-refractivity contribution >= 4 is 5.97 Å². The highest BCUT2D eigenvalue weighted by molar-refractivity contribution is 5.75. The third kappa shape index (κ3) is 1.56. The van der Waals surface area contributed by atoms with Crippen molar-refractivity contribution in [3.63, 3.8) is 0 Å². The quantitative estimate of drug-likeness (QED) is 0.530. The number of hydrogen-bond acceptors (Lipinski definition) is 3. The number of hydrogen-bond donors (Lipinski definition) is 1. The Kier molecular flexibility index (Phi) is 2.60. The summed E-state index contributed by atoms with van der Waals surface area (Å²) in [6.45, 7) is 6.51. The van der Waals surface area contributed by atoms with E-state index in [9.17, 15) is 9.90 Å². The van der Waals surface area contributed by atoms with Crippen LogP contribution >= 0.6 is 0 Å². The average Bonchev–Trinajstić information content (AvgIpc) is 2.54. The van der Waals surface area contributed by atoms with Gasteiger partial charge in [-0.3, -0.25) is 4.79 Å². The summed E-state index contributed by atoms with van der Waals surface area (Å²) in [5.74, 6) is 0.821. The molecule has 0 amide bonds. The predicted molar refractivity (Wildman–Crippen MR) is 67.7 cm³/mol. The van der Waals surface area contributed by atoms with E-state index in [1.807, 2.05) is 13.0 Å². The van der Waals surface area contributed by atoms with Gasteiger partial charge < -0.3 is 9.84 Å². The molecule has 100 valence electrons. The minimum atomic E-state index is -0.325. The summed E-state index contributed by atoms with van der Waals surface area (Å²) in [7, 11) is 0. The molecular formula is C15H22O3. The molecule has 1 heterocycles. The second kappa shape index (κ2) is 3.83. The number of fused-ring (bicyclic) bond motifs is 2. The molecule has 2 aliphatic carbocycles. The molecule has 0 unspecified atom stereocenters. The van der Waals surface area contributed by atoms with Gasteiger partial charge in [0.05, 0.1) is 12.0 Å². The van der Waals surface area contributed by atoms with Crippen LogP contribution in [0.5, 0.6) is 0 Å². The Morgan fingerprint density at radius 2 is 2.17 bits per heavy atom. The largest absolute Gasteiger partial charge is 0.461 e. The lowest BCUT2D eigenvalue weighted by molar-refractivity contribution is -0.144. The first-order valence-electron chi connectivity index (χ1n) is 7.01. The molecule has 3 rings (SSSR count). The molecule has 1 N–H and O–H groups in total. The standard InChI is InChI=1S/C15H22O3/c1-8-4-11(16)5-10-6-13-12(7-15(8,10)3)9(2)14(17)18-13/h5,8-9,11-13,16H,4,6-7H2,1-3H3/t8-,9+,11-,12+,13+,15+/m0/s1. The summed E-state index contributed by atoms with van der Waals surface area (Å²) in [4.78, 5) is 11.7. The van der Waals surface area contributed by atoms with Crippen LogP contribution in [0, 0.1) is 23.2 Å². The number of ether oxygens (including phenoxy) is 1. The number of aliphatic hydroxyl groups excluding tert-OH is 1. The van der Waals surface area contributed by atoms with Gasteiger partial charge in [-0.2, -0.15) is 0 Å². The molecule has 2 fully saturated rings. The summed E-state index contributed by atoms with van der Waals surface area (Å²) in [5, 5.41) is 9.89. The summed E-state index contributed by atoms with van der Waals surface area (Å²) in [6.07, 6.45) is 4.40. The minimum Gasteiger partial charge on any atom is -0.461 e. The summed E-state index contributed by atoms with van der Waals surface area (Å²) in [5.41, 5.74) is 1.44. The molecule has 1 aliphatic heterocycles. The van der Waals surface area contributed by atoms with Gasteiger partial charge in [-0.05, 0) is 24.2 Å². The normalized spacial score (nSPS) is 51.2. The van der Waals surface area contributed by atoms with Gasteiger partial charge in [0.1, 0.15) is 6.10 Å². The smallest absolute Gasteiger partial charge is 0.309 e. The second-order valence-electron chi connectivity index (χ2n) is 6.65. The van der Waals surface area contributed by atoms with Crippen LogP contribution in [-0.2, 0) is 9.53 Å². The molecule has 18 heavy (non-hydrogen) atoms. The lowest BCUT2D eigenvalue weighted by atomic mass is 9.56. The first-order chi connectivity index (χ1) is 8.41. The number of rotatable bonds is 0. The van der Waals surface area contributed by atoms with E-state index in [2.05, 4.69) is 13.8 Å².